The number of hydrogen-bond donors (Lipinski definition) is 0. The third kappa shape index (κ3) is 1.51. The van der Waals surface area contributed by atoms with Crippen LogP contribution in [0.25, 0.3) is 0 Å². The fourth-order valence-corrected chi connectivity index (χ4v) is 1.43. The van der Waals surface area contributed by atoms with E-state index in [4.69, 9.17) is 26.3 Å². The van der Waals surface area contributed by atoms with E-state index in [0.29, 0.717) is 0 Å². The van der Waals surface area contributed by atoms with Crippen LogP contribution in [0.5, 0.6) is 0 Å². The molecule has 1 aliphatic heterocycles. The largest absolute Gasteiger partial charge is 0.334 e. The Bertz CT molecular complexity index is 594. The third-order valence-electron chi connectivity index (χ3n) is 2.20. The lowest BCUT2D eigenvalue weighted by Gasteiger charge is -2.14. The van der Waals surface area contributed by atoms with Gasteiger partial charge in [0, 0.05) is 11.4 Å². The van der Waals surface area contributed by atoms with Crippen molar-refractivity contribution in [3.63, 3.8) is 0 Å². The van der Waals surface area contributed by atoms with Gasteiger partial charge in [0.05, 0.1) is 29.1 Å². The number of hydrogen-bond acceptors (Lipinski definition) is 5. The minimum atomic E-state index is -0.971. The normalized spacial score (nSPS) is 18.3. The molecule has 5 nitrogen and oxygen atoms in total. The number of nitrogens with zero attached hydrogens (tertiary/aromatic N) is 5. The Morgan fingerprint density at radius 1 is 1.00 bits per heavy atom. The molecule has 1 aliphatic rings. The van der Waals surface area contributed by atoms with Crippen molar-refractivity contribution in [3.05, 3.63) is 22.7 Å². The number of rotatable bonds is 0. The zero-order valence-corrected chi connectivity index (χ0v) is 7.97. The standard InChI is InChI=1S/C10H2BN5/c12-2-7-1-8(3-13)11(6-16)10(5-15)9(7)4-14/h1,8H. The van der Waals surface area contributed by atoms with Crippen LogP contribution >= 0.6 is 0 Å². The van der Waals surface area contributed by atoms with Crippen LogP contribution in [0.4, 0.5) is 0 Å². The van der Waals surface area contributed by atoms with Gasteiger partial charge in [-0.3, -0.25) is 0 Å². The zero-order valence-electron chi connectivity index (χ0n) is 7.97. The van der Waals surface area contributed by atoms with E-state index < -0.39 is 12.5 Å². The van der Waals surface area contributed by atoms with Crippen molar-refractivity contribution < 1.29 is 0 Å². The van der Waals surface area contributed by atoms with Gasteiger partial charge in [-0.15, -0.1) is 0 Å². The summed E-state index contributed by atoms with van der Waals surface area (Å²) in [6, 6.07) is 7.03. The van der Waals surface area contributed by atoms with E-state index in [2.05, 4.69) is 0 Å². The predicted octanol–water partition coefficient (Wildman–Crippen LogP) is 0.784. The van der Waals surface area contributed by atoms with Crippen LogP contribution in [-0.2, 0) is 0 Å². The van der Waals surface area contributed by atoms with Crippen LogP contribution in [0.3, 0.4) is 0 Å². The molecule has 0 aromatic carbocycles. The monoisotopic (exact) mass is 203 g/mol. The van der Waals surface area contributed by atoms with E-state index in [1.54, 1.807) is 24.2 Å². The Morgan fingerprint density at radius 3 is 2.06 bits per heavy atom. The van der Waals surface area contributed by atoms with Gasteiger partial charge in [-0.05, 0) is 0 Å². The highest BCUT2D eigenvalue weighted by atomic mass is 14.3. The third-order valence-corrected chi connectivity index (χ3v) is 2.20. The van der Waals surface area contributed by atoms with Gasteiger partial charge in [-0.1, -0.05) is 6.08 Å². The van der Waals surface area contributed by atoms with Gasteiger partial charge < -0.3 is 0 Å². The summed E-state index contributed by atoms with van der Waals surface area (Å²) in [4.78, 5) is 0. The molecule has 16 heavy (non-hydrogen) atoms. The van der Waals surface area contributed by atoms with Crippen LogP contribution in [0.2, 0.25) is 5.82 Å². The van der Waals surface area contributed by atoms with Crippen LogP contribution in [0.15, 0.2) is 22.7 Å². The number of allylic oxidation sites excluding steroid dienone is 4. The van der Waals surface area contributed by atoms with E-state index in [1.807, 2.05) is 6.07 Å². The topological polar surface area (TPSA) is 119 Å². The first-order valence-corrected chi connectivity index (χ1v) is 4.19. The Morgan fingerprint density at radius 2 is 1.69 bits per heavy atom. The summed E-state index contributed by atoms with van der Waals surface area (Å²) < 4.78 is 0. The Kier molecular flexibility index (Phi) is 3.10. The van der Waals surface area contributed by atoms with Crippen molar-refractivity contribution in [2.75, 3.05) is 0 Å². The Balaban J connectivity index is 3.52. The minimum Gasteiger partial charge on any atom is -0.212 e. The average molecular weight is 203 g/mol. The Labute approximate surface area is 92.4 Å². The van der Waals surface area contributed by atoms with Crippen molar-refractivity contribution >= 4 is 6.71 Å². The van der Waals surface area contributed by atoms with Gasteiger partial charge in [0.25, 0.3) is 0 Å². The van der Waals surface area contributed by atoms with Crippen molar-refractivity contribution in [1.29, 1.82) is 26.3 Å². The van der Waals surface area contributed by atoms with E-state index in [0.717, 1.165) is 0 Å². The van der Waals surface area contributed by atoms with Gasteiger partial charge in [0.15, 0.2) is 0 Å². The summed E-state index contributed by atoms with van der Waals surface area (Å²) in [5, 5.41) is 44.1. The second-order valence-electron chi connectivity index (χ2n) is 2.97. The zero-order chi connectivity index (χ0) is 12.1. The maximum absolute atomic E-state index is 8.86. The highest BCUT2D eigenvalue weighted by Gasteiger charge is 2.36. The molecule has 0 aromatic heterocycles. The maximum atomic E-state index is 8.86. The molecule has 0 radical (unpaired) electrons. The van der Waals surface area contributed by atoms with Crippen molar-refractivity contribution in [1.82, 2.24) is 0 Å². The van der Waals surface area contributed by atoms with Gasteiger partial charge >= 0.3 is 6.71 Å². The van der Waals surface area contributed by atoms with Crippen LogP contribution in [-0.4, -0.2) is 6.71 Å². The quantitative estimate of drug-likeness (QED) is 0.538. The molecule has 1 atom stereocenters. The molecule has 0 aliphatic carbocycles. The molecule has 0 bridgehead atoms. The maximum Gasteiger partial charge on any atom is 0.334 e. The predicted molar refractivity (Wildman–Crippen MR) is 52.7 cm³/mol. The van der Waals surface area contributed by atoms with Gasteiger partial charge in [-0.25, -0.2) is 5.26 Å². The first-order chi connectivity index (χ1) is 7.73. The summed E-state index contributed by atoms with van der Waals surface area (Å²) in [6.07, 6.45) is 1.26. The summed E-state index contributed by atoms with van der Waals surface area (Å²) >= 11 is 0. The highest BCUT2D eigenvalue weighted by Crippen LogP contribution is 2.30. The molecule has 1 rings (SSSR count). The van der Waals surface area contributed by atoms with Crippen molar-refractivity contribution in [2.45, 2.75) is 5.82 Å². The second kappa shape index (κ2) is 4.48. The van der Waals surface area contributed by atoms with Gasteiger partial charge in [0.2, 0.25) is 0 Å². The second-order valence-corrected chi connectivity index (χ2v) is 2.97. The lowest BCUT2D eigenvalue weighted by Crippen LogP contribution is -2.25. The number of nitriles is 5. The molecule has 1 unspecified atom stereocenters. The molecule has 0 amide bonds. The molecule has 0 N–H and O–H groups in total. The molecule has 70 valence electrons. The first-order valence-electron chi connectivity index (χ1n) is 4.19. The highest BCUT2D eigenvalue weighted by molar-refractivity contribution is 6.78. The van der Waals surface area contributed by atoms with E-state index >= 15 is 0 Å². The fraction of sp³-hybridized carbons (Fsp3) is 0.100. The van der Waals surface area contributed by atoms with E-state index in [9.17, 15) is 0 Å². The fourth-order valence-electron chi connectivity index (χ4n) is 1.43. The summed E-state index contributed by atoms with van der Waals surface area (Å²) in [5.74, 6) is 0.952. The van der Waals surface area contributed by atoms with Gasteiger partial charge in [0.1, 0.15) is 12.1 Å². The van der Waals surface area contributed by atoms with E-state index in [1.165, 1.54) is 6.08 Å². The van der Waals surface area contributed by atoms with Crippen molar-refractivity contribution in [2.24, 2.45) is 0 Å². The molecule has 0 saturated carbocycles. The van der Waals surface area contributed by atoms with E-state index in [-0.39, 0.29) is 16.6 Å². The van der Waals surface area contributed by atoms with Crippen LogP contribution in [0, 0.1) is 56.6 Å². The van der Waals surface area contributed by atoms with Crippen molar-refractivity contribution in [3.8, 4) is 30.2 Å². The van der Waals surface area contributed by atoms with Crippen LogP contribution in [0.1, 0.15) is 0 Å². The molecule has 0 fully saturated rings. The lowest BCUT2D eigenvalue weighted by molar-refractivity contribution is 1.25. The molecular formula is C10H2BN5. The minimum absolute atomic E-state index is 0.0166. The molecule has 1 heterocycles. The lowest BCUT2D eigenvalue weighted by atomic mass is 9.36. The summed E-state index contributed by atoms with van der Waals surface area (Å²) in [6.45, 7) is -0.971. The first kappa shape index (κ1) is 11.1. The smallest absolute Gasteiger partial charge is 0.212 e. The van der Waals surface area contributed by atoms with Gasteiger partial charge in [-0.2, -0.15) is 21.0 Å². The average Bonchev–Trinajstić information content (AvgIpc) is 2.35. The molecule has 0 saturated heterocycles. The molecule has 0 spiro atoms. The van der Waals surface area contributed by atoms with Crippen LogP contribution < -0.4 is 0 Å². The molecule has 0 aromatic rings. The molecular weight excluding hydrogens is 201 g/mol. The molecule has 6 heteroatoms. The summed E-state index contributed by atoms with van der Waals surface area (Å²) in [7, 11) is 0. The summed E-state index contributed by atoms with van der Waals surface area (Å²) in [5.41, 5.74) is -0.226. The Hall–Kier alpha value is -3.01. The SMILES string of the molecule is N#CB1C(C#N)=C(C#N)C(C#N)=CC1C#N.